The van der Waals surface area contributed by atoms with Gasteiger partial charge in [0.25, 0.3) is 0 Å². The van der Waals surface area contributed by atoms with Gasteiger partial charge in [-0.3, -0.25) is 0 Å². The molecule has 0 unspecified atom stereocenters. The summed E-state index contributed by atoms with van der Waals surface area (Å²) in [6.07, 6.45) is 5.41. The summed E-state index contributed by atoms with van der Waals surface area (Å²) in [7, 11) is 1.71. The van der Waals surface area contributed by atoms with E-state index in [1.807, 2.05) is 0 Å². The van der Waals surface area contributed by atoms with Gasteiger partial charge in [0.05, 0.1) is 0 Å². The molecule has 0 saturated heterocycles. The third-order valence-electron chi connectivity index (χ3n) is 1.26. The monoisotopic (exact) mass is 156 g/mol. The van der Waals surface area contributed by atoms with Crippen molar-refractivity contribution in [1.29, 1.82) is 0 Å². The lowest BCUT2D eigenvalue weighted by Crippen LogP contribution is -2.09. The van der Waals surface area contributed by atoms with E-state index in [0.29, 0.717) is 0 Å². The number of rotatable bonds is 4. The first-order valence-electron chi connectivity index (χ1n) is 3.83. The zero-order valence-electron chi connectivity index (χ0n) is 7.41. The van der Waals surface area contributed by atoms with E-state index in [1.54, 1.807) is 26.3 Å². The van der Waals surface area contributed by atoms with Crippen LogP contribution in [0, 0.1) is 0 Å². The first-order chi connectivity index (χ1) is 5.22. The quantitative estimate of drug-likeness (QED) is 0.384. The molecule has 0 bridgehead atoms. The SMILES string of the molecule is C/C=C(/O)N(C)/N=C/CCC. The summed E-state index contributed by atoms with van der Waals surface area (Å²) in [5.74, 6) is 0.178. The second-order valence-electron chi connectivity index (χ2n) is 2.26. The normalized spacial score (nSPS) is 12.5. The van der Waals surface area contributed by atoms with Crippen molar-refractivity contribution in [1.82, 2.24) is 5.01 Å². The second kappa shape index (κ2) is 5.77. The summed E-state index contributed by atoms with van der Waals surface area (Å²) < 4.78 is 0. The van der Waals surface area contributed by atoms with E-state index in [1.165, 1.54) is 5.01 Å². The predicted molar refractivity (Wildman–Crippen MR) is 47.5 cm³/mol. The van der Waals surface area contributed by atoms with Crippen molar-refractivity contribution < 1.29 is 5.11 Å². The van der Waals surface area contributed by atoms with Crippen molar-refractivity contribution in [3.05, 3.63) is 12.0 Å². The highest BCUT2D eigenvalue weighted by molar-refractivity contribution is 5.56. The molecule has 0 spiro atoms. The molecule has 0 aromatic carbocycles. The van der Waals surface area contributed by atoms with Crippen LogP contribution in [0.25, 0.3) is 0 Å². The Hall–Kier alpha value is -0.990. The number of aliphatic hydroxyl groups is 1. The van der Waals surface area contributed by atoms with E-state index in [9.17, 15) is 0 Å². The van der Waals surface area contributed by atoms with Crippen LogP contribution in [0.3, 0.4) is 0 Å². The van der Waals surface area contributed by atoms with Crippen molar-refractivity contribution in [3.8, 4) is 0 Å². The number of aliphatic hydroxyl groups excluding tert-OH is 1. The van der Waals surface area contributed by atoms with E-state index >= 15 is 0 Å². The van der Waals surface area contributed by atoms with Crippen molar-refractivity contribution in [2.24, 2.45) is 5.10 Å². The minimum Gasteiger partial charge on any atom is -0.494 e. The maximum absolute atomic E-state index is 9.10. The summed E-state index contributed by atoms with van der Waals surface area (Å²) in [6, 6.07) is 0. The van der Waals surface area contributed by atoms with Crippen LogP contribution >= 0.6 is 0 Å². The molecule has 1 N–H and O–H groups in total. The molecule has 0 amide bonds. The molecular weight excluding hydrogens is 140 g/mol. The largest absolute Gasteiger partial charge is 0.494 e. The fourth-order valence-corrected chi connectivity index (χ4v) is 0.555. The molecule has 0 aromatic rings. The van der Waals surface area contributed by atoms with Gasteiger partial charge in [-0.25, -0.2) is 5.01 Å². The average Bonchev–Trinajstić information content (AvgIpc) is 2.03. The van der Waals surface area contributed by atoms with Gasteiger partial charge in [-0.2, -0.15) is 5.10 Å². The number of hydrogen-bond acceptors (Lipinski definition) is 3. The lowest BCUT2D eigenvalue weighted by Gasteiger charge is -2.09. The lowest BCUT2D eigenvalue weighted by molar-refractivity contribution is 0.239. The average molecular weight is 156 g/mol. The highest BCUT2D eigenvalue weighted by Gasteiger charge is 1.93. The molecule has 3 nitrogen and oxygen atoms in total. The molecule has 11 heavy (non-hydrogen) atoms. The van der Waals surface area contributed by atoms with Crippen LogP contribution in [-0.2, 0) is 0 Å². The first kappa shape index (κ1) is 10.0. The van der Waals surface area contributed by atoms with E-state index in [-0.39, 0.29) is 5.88 Å². The minimum absolute atomic E-state index is 0.178. The Morgan fingerprint density at radius 3 is 2.73 bits per heavy atom. The van der Waals surface area contributed by atoms with E-state index in [4.69, 9.17) is 5.11 Å². The Morgan fingerprint density at radius 2 is 2.27 bits per heavy atom. The highest BCUT2D eigenvalue weighted by Crippen LogP contribution is 1.95. The van der Waals surface area contributed by atoms with Crippen LogP contribution in [0.15, 0.2) is 17.1 Å². The summed E-state index contributed by atoms with van der Waals surface area (Å²) in [6.45, 7) is 3.85. The lowest BCUT2D eigenvalue weighted by atomic mass is 10.4. The summed E-state index contributed by atoms with van der Waals surface area (Å²) in [5.41, 5.74) is 0. The van der Waals surface area contributed by atoms with Crippen LogP contribution in [0.5, 0.6) is 0 Å². The topological polar surface area (TPSA) is 35.8 Å². The molecule has 0 heterocycles. The van der Waals surface area contributed by atoms with Gasteiger partial charge in [0.15, 0.2) is 0 Å². The van der Waals surface area contributed by atoms with E-state index in [0.717, 1.165) is 12.8 Å². The van der Waals surface area contributed by atoms with Gasteiger partial charge in [-0.15, -0.1) is 0 Å². The zero-order chi connectivity index (χ0) is 8.69. The van der Waals surface area contributed by atoms with Gasteiger partial charge in [-0.1, -0.05) is 13.3 Å². The molecule has 0 saturated carbocycles. The summed E-state index contributed by atoms with van der Waals surface area (Å²) in [5, 5.41) is 14.5. The van der Waals surface area contributed by atoms with Gasteiger partial charge < -0.3 is 5.11 Å². The minimum atomic E-state index is 0.178. The molecule has 64 valence electrons. The molecular formula is C8H16N2O. The smallest absolute Gasteiger partial charge is 0.202 e. The fourth-order valence-electron chi connectivity index (χ4n) is 0.555. The Balaban J connectivity index is 3.76. The maximum Gasteiger partial charge on any atom is 0.202 e. The van der Waals surface area contributed by atoms with Gasteiger partial charge in [-0.05, 0) is 19.4 Å². The number of hydrogen-bond donors (Lipinski definition) is 1. The van der Waals surface area contributed by atoms with Crippen molar-refractivity contribution >= 4 is 6.21 Å². The standard InChI is InChI=1S/C8H16N2O/c1-4-6-7-9-10(3)8(11)5-2/h5,7,11H,4,6H2,1-3H3/b8-5+,9-7+. The predicted octanol–water partition coefficient (Wildman–Crippen LogP) is 2.12. The number of allylic oxidation sites excluding steroid dienone is 1. The van der Waals surface area contributed by atoms with Crippen molar-refractivity contribution in [2.75, 3.05) is 7.05 Å². The highest BCUT2D eigenvalue weighted by atomic mass is 16.3. The molecule has 0 aliphatic carbocycles. The van der Waals surface area contributed by atoms with Crippen LogP contribution < -0.4 is 0 Å². The van der Waals surface area contributed by atoms with Crippen LogP contribution in [-0.4, -0.2) is 23.4 Å². The Bertz CT molecular complexity index is 152. The second-order valence-corrected chi connectivity index (χ2v) is 2.26. The Kier molecular flexibility index (Phi) is 5.25. The number of nitrogens with zero attached hydrogens (tertiary/aromatic N) is 2. The van der Waals surface area contributed by atoms with Crippen molar-refractivity contribution in [3.63, 3.8) is 0 Å². The van der Waals surface area contributed by atoms with Crippen LogP contribution in [0.2, 0.25) is 0 Å². The van der Waals surface area contributed by atoms with Gasteiger partial charge >= 0.3 is 0 Å². The van der Waals surface area contributed by atoms with Crippen LogP contribution in [0.4, 0.5) is 0 Å². The van der Waals surface area contributed by atoms with Crippen LogP contribution in [0.1, 0.15) is 26.7 Å². The summed E-state index contributed by atoms with van der Waals surface area (Å²) in [4.78, 5) is 0. The maximum atomic E-state index is 9.10. The van der Waals surface area contributed by atoms with Gasteiger partial charge in [0.2, 0.25) is 5.88 Å². The number of hydrazone groups is 1. The van der Waals surface area contributed by atoms with Crippen molar-refractivity contribution in [2.45, 2.75) is 26.7 Å². The molecule has 0 atom stereocenters. The van der Waals surface area contributed by atoms with E-state index < -0.39 is 0 Å². The Labute approximate surface area is 68.0 Å². The van der Waals surface area contributed by atoms with Gasteiger partial charge in [0.1, 0.15) is 0 Å². The Morgan fingerprint density at radius 1 is 1.64 bits per heavy atom. The third-order valence-corrected chi connectivity index (χ3v) is 1.26. The zero-order valence-corrected chi connectivity index (χ0v) is 7.41. The number of unbranched alkanes of at least 4 members (excludes halogenated alkanes) is 1. The molecule has 0 fully saturated rings. The molecule has 0 rings (SSSR count). The fraction of sp³-hybridized carbons (Fsp3) is 0.625. The molecule has 3 heteroatoms. The third kappa shape index (κ3) is 4.42. The molecule has 0 aliphatic rings. The molecule has 0 aromatic heterocycles. The molecule has 0 aliphatic heterocycles. The molecule has 0 radical (unpaired) electrons. The first-order valence-corrected chi connectivity index (χ1v) is 3.83. The van der Waals surface area contributed by atoms with E-state index in [2.05, 4.69) is 12.0 Å². The summed E-state index contributed by atoms with van der Waals surface area (Å²) >= 11 is 0. The van der Waals surface area contributed by atoms with Gasteiger partial charge in [0, 0.05) is 13.3 Å².